The van der Waals surface area contributed by atoms with Crippen LogP contribution >= 0.6 is 0 Å². The fourth-order valence-corrected chi connectivity index (χ4v) is 11.5. The molecule has 0 radical (unpaired) electrons. The summed E-state index contributed by atoms with van der Waals surface area (Å²) in [5.74, 6) is -2.25. The minimum Gasteiger partial charge on any atom is -0.669 e. The van der Waals surface area contributed by atoms with E-state index >= 15 is 0 Å². The van der Waals surface area contributed by atoms with Crippen molar-refractivity contribution in [1.29, 1.82) is 0 Å². The van der Waals surface area contributed by atoms with Gasteiger partial charge in [-0.15, -0.1) is 0 Å². The number of amides is 2. The van der Waals surface area contributed by atoms with Crippen molar-refractivity contribution in [1.82, 2.24) is 20.4 Å². The van der Waals surface area contributed by atoms with E-state index in [2.05, 4.69) is 10.6 Å². The molecule has 10 rings (SSSR count). The number of carboxylic acids is 2. The van der Waals surface area contributed by atoms with E-state index in [1.165, 1.54) is 0 Å². The summed E-state index contributed by atoms with van der Waals surface area (Å²) in [7, 11) is 0. The van der Waals surface area contributed by atoms with Crippen molar-refractivity contribution in [2.24, 2.45) is 23.3 Å². The molecule has 12 N–H and O–H groups in total. The average Bonchev–Trinajstić information content (AvgIpc) is 4.20. The first-order valence-electron chi connectivity index (χ1n) is 24.7. The Morgan fingerprint density at radius 2 is 0.957 bits per heavy atom. The van der Waals surface area contributed by atoms with Crippen molar-refractivity contribution in [3.05, 3.63) is 46.5 Å². The van der Waals surface area contributed by atoms with Gasteiger partial charge >= 0.3 is 84.6 Å². The zero-order valence-corrected chi connectivity index (χ0v) is 44.4. The summed E-state index contributed by atoms with van der Waals surface area (Å²) in [6, 6.07) is 7.69. The van der Waals surface area contributed by atoms with Crippen LogP contribution in [0.3, 0.4) is 0 Å². The quantitative estimate of drug-likeness (QED) is 0.0707. The molecule has 0 spiro atoms. The van der Waals surface area contributed by atoms with Gasteiger partial charge < -0.3 is 81.0 Å². The molecule has 2 aromatic carbocycles. The third-order valence-corrected chi connectivity index (χ3v) is 15.7. The summed E-state index contributed by atoms with van der Waals surface area (Å²) in [6.07, 6.45) is 9.92. The van der Waals surface area contributed by atoms with Crippen LogP contribution in [0, 0.1) is 11.8 Å². The smallest absolute Gasteiger partial charge is 0.669 e. The second kappa shape index (κ2) is 22.8. The Morgan fingerprint density at radius 3 is 1.29 bits per heavy atom. The molecule has 4 saturated carbocycles. The third-order valence-electron chi connectivity index (χ3n) is 15.7. The molecule has 0 unspecified atom stereocenters. The molecule has 70 heavy (non-hydrogen) atoms. The molecule has 4 heterocycles. The van der Waals surface area contributed by atoms with Crippen LogP contribution in [0.15, 0.2) is 24.3 Å². The molecule has 4 atom stereocenters. The summed E-state index contributed by atoms with van der Waals surface area (Å²) >= 11 is 0. The molecule has 24 heteroatoms. The number of nitrogens with zero attached hydrogens (tertiary/aromatic N) is 2. The number of rotatable bonds is 16. The zero-order chi connectivity index (χ0) is 48.1. The maximum absolute atomic E-state index is 12.7. The fraction of sp³-hybridized carbons (Fsp3) is 0.652. The number of benzene rings is 2. The molecule has 2 aromatic rings. The van der Waals surface area contributed by atoms with Crippen molar-refractivity contribution in [2.75, 3.05) is 52.4 Å². The number of likely N-dealkylation sites (tertiary alicyclic amines) is 2. The normalized spacial score (nSPS) is 28.5. The Morgan fingerprint density at radius 1 is 0.600 bits per heavy atom. The van der Waals surface area contributed by atoms with Crippen molar-refractivity contribution in [2.45, 2.75) is 125 Å². The van der Waals surface area contributed by atoms with Gasteiger partial charge in [-0.05, 0) is 98.3 Å². The molecule has 2 amide bonds. The number of carbonyl (C=O) groups is 4. The van der Waals surface area contributed by atoms with E-state index < -0.39 is 25.4 Å². The number of carboxylic acid groups (broad SMARTS) is 2. The number of ether oxygens (including phenoxy) is 2. The molecule has 6 fully saturated rings. The van der Waals surface area contributed by atoms with Crippen molar-refractivity contribution in [3.8, 4) is 23.0 Å². The molecule has 4 aliphatic carbocycles. The molecule has 2 saturated heterocycles. The van der Waals surface area contributed by atoms with E-state index in [1.54, 1.807) is 34.1 Å². The maximum Gasteiger partial charge on any atom is 1.00 e. The summed E-state index contributed by atoms with van der Waals surface area (Å²) < 4.78 is 22.5. The van der Waals surface area contributed by atoms with Crippen LogP contribution < -0.4 is 100.0 Å². The van der Waals surface area contributed by atoms with Gasteiger partial charge in [0.25, 0.3) is 0 Å². The summed E-state index contributed by atoms with van der Waals surface area (Å²) in [4.78, 5) is 52.9. The summed E-state index contributed by atoms with van der Waals surface area (Å²) in [5.41, 5.74) is 12.1. The minimum absolute atomic E-state index is 0. The largest absolute Gasteiger partial charge is 1.00 e. The van der Waals surface area contributed by atoms with Gasteiger partial charge in [0.15, 0.2) is 0 Å². The summed E-state index contributed by atoms with van der Waals surface area (Å²) in [5, 5.41) is 67.1. The fourth-order valence-electron chi connectivity index (χ4n) is 11.5. The van der Waals surface area contributed by atoms with Gasteiger partial charge in [-0.1, -0.05) is 36.6 Å². The standard InChI is InChI=1S/2C23H33BN3O7.2Na/c2*25-7-8-26-14-3-1-13(2-4-14)9-20(28)27-11-15(12-27)33-19-6-5-16-17-10-18(17)24(31,32)34-22(16)21(19)23(29)30;;/h2*5-6,13-15,17-18,26,31-32H,1-4,7-12,25H2,(H,29,30);;/q2*-1;2*+1/t2*13?,14?,17-,18-;;/m11../s1. The van der Waals surface area contributed by atoms with Gasteiger partial charge in [-0.3, -0.25) is 9.59 Å². The number of nitrogens with two attached hydrogens (primary N) is 2. The third kappa shape index (κ3) is 12.1. The molecule has 8 aliphatic rings. The van der Waals surface area contributed by atoms with Crippen LogP contribution in [0.2, 0.25) is 11.6 Å². The van der Waals surface area contributed by atoms with Crippen LogP contribution in [-0.2, 0) is 9.59 Å². The summed E-state index contributed by atoms with van der Waals surface area (Å²) in [6.45, 7) is -1.63. The first-order chi connectivity index (χ1) is 32.5. The van der Waals surface area contributed by atoms with Crippen LogP contribution in [0.1, 0.15) is 121 Å². The van der Waals surface area contributed by atoms with E-state index in [0.29, 0.717) is 100.0 Å². The minimum atomic E-state index is -3.08. The van der Waals surface area contributed by atoms with Crippen molar-refractivity contribution in [3.63, 3.8) is 0 Å². The predicted octanol–water partition coefficient (Wildman–Crippen LogP) is -4.70. The van der Waals surface area contributed by atoms with Crippen molar-refractivity contribution >= 4 is 37.3 Å². The van der Waals surface area contributed by atoms with Gasteiger partial charge in [0, 0.05) is 51.1 Å². The number of hydrogen-bond donors (Lipinski definition) is 10. The zero-order valence-electron chi connectivity index (χ0n) is 40.4. The number of carbonyl (C=O) groups excluding carboxylic acids is 2. The van der Waals surface area contributed by atoms with Crippen LogP contribution in [-0.4, -0.2) is 154 Å². The van der Waals surface area contributed by atoms with E-state index in [-0.39, 0.29) is 141 Å². The topological polar surface area (TPSA) is 309 Å². The SMILES string of the molecule is NCCNC1CCC(CC(=O)N2CC(Oc3ccc4c(c3C(=O)O)O[B-](O)(O)[C@@H]3C[C@H]43)C2)CC1.NCCNC1CCC(CC(=O)N2CC(Oc3ccc4c(c3C(=O)O)O[B-](O)(O)[C@@H]3C[C@H]43)C2)CC1.[Na+].[Na+]. The number of aromatic carboxylic acids is 2. The molecular weight excluding hydrogens is 928 g/mol. The van der Waals surface area contributed by atoms with E-state index in [0.717, 1.165) is 64.5 Å². The Kier molecular flexibility index (Phi) is 18.0. The van der Waals surface area contributed by atoms with Crippen LogP contribution in [0.4, 0.5) is 0 Å². The Bertz CT molecular complexity index is 2090. The first kappa shape index (κ1) is 55.1. The Hall–Kier alpha value is -2.67. The maximum atomic E-state index is 12.7. The van der Waals surface area contributed by atoms with E-state index in [9.17, 15) is 49.5 Å². The molecule has 4 aliphatic heterocycles. The Balaban J connectivity index is 0.000000201. The van der Waals surface area contributed by atoms with Crippen molar-refractivity contribution < 1.29 is 127 Å². The second-order valence-electron chi connectivity index (χ2n) is 20.5. The molecular formula is C46H66B2N6Na2O14. The van der Waals surface area contributed by atoms with E-state index in [1.807, 2.05) is 0 Å². The van der Waals surface area contributed by atoms with Crippen LogP contribution in [0.5, 0.6) is 23.0 Å². The van der Waals surface area contributed by atoms with Gasteiger partial charge in [-0.25, -0.2) is 9.59 Å². The van der Waals surface area contributed by atoms with Crippen LogP contribution in [0.25, 0.3) is 0 Å². The number of nitrogens with one attached hydrogen (secondary N) is 2. The molecule has 20 nitrogen and oxygen atoms in total. The number of fused-ring (bicyclic) bond motifs is 6. The predicted molar refractivity (Wildman–Crippen MR) is 247 cm³/mol. The Labute approximate surface area is 451 Å². The van der Waals surface area contributed by atoms with E-state index in [4.69, 9.17) is 30.2 Å². The molecule has 372 valence electrons. The van der Waals surface area contributed by atoms with Gasteiger partial charge in [-0.2, -0.15) is 0 Å². The molecule has 0 bridgehead atoms. The number of hydrogen-bond acceptors (Lipinski definition) is 16. The average molecular weight is 995 g/mol. The second-order valence-corrected chi connectivity index (χ2v) is 20.5. The van der Waals surface area contributed by atoms with Gasteiger partial charge in [0.1, 0.15) is 34.8 Å². The van der Waals surface area contributed by atoms with Gasteiger partial charge in [0.05, 0.1) is 37.7 Å². The first-order valence-corrected chi connectivity index (χ1v) is 24.7. The monoisotopic (exact) mass is 994 g/mol. The molecule has 0 aromatic heterocycles. The van der Waals surface area contributed by atoms with Gasteiger partial charge in [0.2, 0.25) is 11.8 Å².